The Morgan fingerprint density at radius 1 is 0.750 bits per heavy atom. The van der Waals surface area contributed by atoms with E-state index in [1.807, 2.05) is 0 Å². The number of allylic oxidation sites excluding steroid dienone is 1. The van der Waals surface area contributed by atoms with E-state index in [1.165, 1.54) is 27.4 Å². The maximum Gasteiger partial charge on any atom is 0.0522 e. The second-order valence-electron chi connectivity index (χ2n) is 5.69. The quantitative estimate of drug-likeness (QED) is 0.649. The van der Waals surface area contributed by atoms with E-state index in [0.29, 0.717) is 0 Å². The van der Waals surface area contributed by atoms with Crippen molar-refractivity contribution < 1.29 is 0 Å². The smallest absolute Gasteiger partial charge is 0.0522 e. The fraction of sp³-hybridized carbons (Fsp3) is 0.0909. The Labute approximate surface area is 145 Å². The van der Waals surface area contributed by atoms with Gasteiger partial charge < -0.3 is 5.09 Å². The van der Waals surface area contributed by atoms with Gasteiger partial charge in [-0.3, -0.25) is 0 Å². The summed E-state index contributed by atoms with van der Waals surface area (Å²) in [6.07, 6.45) is 2.16. The molecule has 0 spiro atoms. The van der Waals surface area contributed by atoms with Gasteiger partial charge in [0, 0.05) is 16.3 Å². The summed E-state index contributed by atoms with van der Waals surface area (Å²) in [5.41, 5.74) is 3.68. The predicted octanol–water partition coefficient (Wildman–Crippen LogP) is 4.99. The van der Waals surface area contributed by atoms with E-state index in [2.05, 4.69) is 110 Å². The van der Waals surface area contributed by atoms with Gasteiger partial charge in [-0.1, -0.05) is 96.6 Å². The molecule has 3 aromatic rings. The van der Waals surface area contributed by atoms with Crippen LogP contribution in [0.5, 0.6) is 0 Å². The Balaban J connectivity index is 1.95. The van der Waals surface area contributed by atoms with Crippen molar-refractivity contribution in [2.24, 2.45) is 0 Å². The number of nitrogens with one attached hydrogen (secondary N) is 1. The average molecular weight is 331 g/mol. The number of rotatable bonds is 5. The largest absolute Gasteiger partial charge is 0.357 e. The lowest BCUT2D eigenvalue weighted by Crippen LogP contribution is -2.22. The normalized spacial score (nSPS) is 11.5. The van der Waals surface area contributed by atoms with E-state index in [0.717, 1.165) is 0 Å². The minimum Gasteiger partial charge on any atom is -0.357 e. The Hall–Kier alpha value is -2.37. The number of hydrogen-bond donors (Lipinski definition) is 1. The van der Waals surface area contributed by atoms with Crippen LogP contribution in [0.3, 0.4) is 0 Å². The predicted molar refractivity (Wildman–Crippen MR) is 107 cm³/mol. The summed E-state index contributed by atoms with van der Waals surface area (Å²) < 4.78 is 0. The molecule has 0 saturated heterocycles. The first-order chi connectivity index (χ1) is 11.8. The second kappa shape index (κ2) is 7.95. The third kappa shape index (κ3) is 3.93. The van der Waals surface area contributed by atoms with E-state index in [4.69, 9.17) is 0 Å². The molecule has 0 amide bonds. The summed E-state index contributed by atoms with van der Waals surface area (Å²) in [4.78, 5) is 0. The van der Waals surface area contributed by atoms with Crippen molar-refractivity contribution in [2.75, 3.05) is 0 Å². The zero-order valence-corrected chi connectivity index (χ0v) is 15.0. The molecule has 3 rings (SSSR count). The van der Waals surface area contributed by atoms with E-state index in [9.17, 15) is 0 Å². The first-order valence-corrected chi connectivity index (χ1v) is 9.52. The highest BCUT2D eigenvalue weighted by Crippen LogP contribution is 2.32. The van der Waals surface area contributed by atoms with Gasteiger partial charge in [0.2, 0.25) is 0 Å². The van der Waals surface area contributed by atoms with Crippen LogP contribution in [0.4, 0.5) is 0 Å². The molecule has 24 heavy (non-hydrogen) atoms. The minimum atomic E-state index is -0.646. The molecule has 0 atom stereocenters. The molecular formula is C22H22NP. The molecule has 0 aliphatic carbocycles. The van der Waals surface area contributed by atoms with Crippen LogP contribution in [0.25, 0.3) is 5.70 Å². The highest BCUT2D eigenvalue weighted by molar-refractivity contribution is 7.71. The van der Waals surface area contributed by atoms with Gasteiger partial charge in [-0.05, 0) is 19.4 Å². The number of aryl methyl sites for hydroxylation is 1. The third-order valence-corrected chi connectivity index (χ3v) is 6.01. The van der Waals surface area contributed by atoms with Crippen LogP contribution in [0.2, 0.25) is 0 Å². The summed E-state index contributed by atoms with van der Waals surface area (Å²) in [6, 6.07) is 30.1. The van der Waals surface area contributed by atoms with Crippen molar-refractivity contribution >= 4 is 24.4 Å². The Bertz CT molecular complexity index is 753. The highest BCUT2D eigenvalue weighted by Gasteiger charge is 2.15. The van der Waals surface area contributed by atoms with Crippen molar-refractivity contribution in [2.45, 2.75) is 13.8 Å². The van der Waals surface area contributed by atoms with Gasteiger partial charge in [-0.2, -0.15) is 0 Å². The fourth-order valence-electron chi connectivity index (χ4n) is 2.58. The zero-order chi connectivity index (χ0) is 16.8. The number of benzene rings is 3. The van der Waals surface area contributed by atoms with Crippen molar-refractivity contribution in [1.29, 1.82) is 0 Å². The molecule has 120 valence electrons. The lowest BCUT2D eigenvalue weighted by molar-refractivity contribution is 1.35. The molecule has 0 aliphatic heterocycles. The fourth-order valence-corrected chi connectivity index (χ4v) is 4.58. The monoisotopic (exact) mass is 331 g/mol. The van der Waals surface area contributed by atoms with Gasteiger partial charge in [0.1, 0.15) is 0 Å². The van der Waals surface area contributed by atoms with Gasteiger partial charge in [-0.25, -0.2) is 0 Å². The van der Waals surface area contributed by atoms with E-state index < -0.39 is 8.07 Å². The van der Waals surface area contributed by atoms with E-state index in [1.54, 1.807) is 0 Å². The number of hydrogen-bond acceptors (Lipinski definition) is 1. The standard InChI is InChI=1S/C22H22NP/c1-3-22(19-16-14-18(2)15-17-19)23-24(20-10-6-4-7-11-20)21-12-8-5-9-13-21/h3-17,23H,1-2H3/b22-3+. The highest BCUT2D eigenvalue weighted by atomic mass is 31.1. The van der Waals surface area contributed by atoms with Crippen LogP contribution in [-0.2, 0) is 0 Å². The SMILES string of the molecule is C/C=C(/NP(c1ccccc1)c1ccccc1)c1ccc(C)cc1. The van der Waals surface area contributed by atoms with Crippen LogP contribution in [0.15, 0.2) is 91.0 Å². The van der Waals surface area contributed by atoms with Crippen molar-refractivity contribution in [1.82, 2.24) is 5.09 Å². The molecule has 0 aromatic heterocycles. The van der Waals surface area contributed by atoms with Gasteiger partial charge in [-0.15, -0.1) is 0 Å². The Kier molecular flexibility index (Phi) is 5.46. The molecule has 1 nitrogen and oxygen atoms in total. The lowest BCUT2D eigenvalue weighted by atomic mass is 10.1. The third-order valence-electron chi connectivity index (χ3n) is 3.91. The van der Waals surface area contributed by atoms with Crippen molar-refractivity contribution in [3.05, 3.63) is 102 Å². The summed E-state index contributed by atoms with van der Waals surface area (Å²) in [5.74, 6) is 0. The second-order valence-corrected chi connectivity index (χ2v) is 7.61. The zero-order valence-electron chi connectivity index (χ0n) is 14.1. The van der Waals surface area contributed by atoms with Crippen LogP contribution in [0.1, 0.15) is 18.1 Å². The molecule has 0 unspecified atom stereocenters. The lowest BCUT2D eigenvalue weighted by Gasteiger charge is -2.23. The van der Waals surface area contributed by atoms with E-state index >= 15 is 0 Å². The summed E-state index contributed by atoms with van der Waals surface area (Å²) in [6.45, 7) is 4.21. The molecule has 0 radical (unpaired) electrons. The molecule has 0 heterocycles. The molecule has 1 N–H and O–H groups in total. The molecule has 0 saturated carbocycles. The van der Waals surface area contributed by atoms with Crippen LogP contribution in [0, 0.1) is 6.92 Å². The molecular weight excluding hydrogens is 309 g/mol. The molecule has 0 fully saturated rings. The molecule has 2 heteroatoms. The minimum absolute atomic E-state index is 0.646. The Morgan fingerprint density at radius 3 is 1.71 bits per heavy atom. The van der Waals surface area contributed by atoms with Gasteiger partial charge in [0.05, 0.1) is 8.07 Å². The maximum absolute atomic E-state index is 3.80. The Morgan fingerprint density at radius 2 is 1.25 bits per heavy atom. The topological polar surface area (TPSA) is 12.0 Å². The van der Waals surface area contributed by atoms with Crippen molar-refractivity contribution in [3.8, 4) is 0 Å². The molecule has 0 bridgehead atoms. The first kappa shape index (κ1) is 16.5. The summed E-state index contributed by atoms with van der Waals surface area (Å²) >= 11 is 0. The van der Waals surface area contributed by atoms with Crippen LogP contribution in [-0.4, -0.2) is 0 Å². The average Bonchev–Trinajstić information content (AvgIpc) is 2.65. The van der Waals surface area contributed by atoms with E-state index in [-0.39, 0.29) is 0 Å². The van der Waals surface area contributed by atoms with Crippen LogP contribution < -0.4 is 15.7 Å². The summed E-state index contributed by atoms with van der Waals surface area (Å²) in [7, 11) is -0.646. The molecule has 0 aliphatic rings. The molecule has 3 aromatic carbocycles. The first-order valence-electron chi connectivity index (χ1n) is 8.18. The van der Waals surface area contributed by atoms with Gasteiger partial charge >= 0.3 is 0 Å². The van der Waals surface area contributed by atoms with Gasteiger partial charge in [0.25, 0.3) is 0 Å². The van der Waals surface area contributed by atoms with Crippen LogP contribution >= 0.6 is 8.07 Å². The maximum atomic E-state index is 3.80. The van der Waals surface area contributed by atoms with Gasteiger partial charge in [0.15, 0.2) is 0 Å². The van der Waals surface area contributed by atoms with Crippen molar-refractivity contribution in [3.63, 3.8) is 0 Å². The summed E-state index contributed by atoms with van der Waals surface area (Å²) in [5, 5.41) is 6.45.